The first-order chi connectivity index (χ1) is 9.13. The van der Waals surface area contributed by atoms with Crippen LogP contribution in [0, 0.1) is 6.92 Å². The molecule has 20 heavy (non-hydrogen) atoms. The van der Waals surface area contributed by atoms with Crippen molar-refractivity contribution in [3.8, 4) is 5.88 Å². The van der Waals surface area contributed by atoms with Crippen LogP contribution in [-0.4, -0.2) is 42.0 Å². The molecule has 1 aromatic rings. The van der Waals surface area contributed by atoms with Crippen LogP contribution in [0.4, 0.5) is 0 Å². The van der Waals surface area contributed by atoms with Crippen molar-refractivity contribution in [3.05, 3.63) is 17.6 Å². The van der Waals surface area contributed by atoms with E-state index in [1.807, 2.05) is 0 Å². The number of oxime groups is 1. The van der Waals surface area contributed by atoms with Crippen LogP contribution in [0.5, 0.6) is 5.88 Å². The molecule has 1 amide bonds. The summed E-state index contributed by atoms with van der Waals surface area (Å²) in [5, 5.41) is 9.59. The quantitative estimate of drug-likeness (QED) is 0.461. The maximum Gasteiger partial charge on any atom is 0.273 e. The molecule has 0 saturated carbocycles. The van der Waals surface area contributed by atoms with E-state index < -0.39 is 5.91 Å². The Kier molecular flexibility index (Phi) is 8.82. The van der Waals surface area contributed by atoms with Crippen LogP contribution >= 0.6 is 0 Å². The van der Waals surface area contributed by atoms with E-state index in [0.29, 0.717) is 5.82 Å². The second-order valence-corrected chi connectivity index (χ2v) is 3.24. The third-order valence-electron chi connectivity index (χ3n) is 1.98. The van der Waals surface area contributed by atoms with Crippen molar-refractivity contribution in [3.63, 3.8) is 0 Å². The SMILES string of the molecule is C[C-]=NOc1nc(C)ncc1/C(=N\OC)C(=O)NC.[Y]. The van der Waals surface area contributed by atoms with Gasteiger partial charge in [-0.3, -0.25) is 4.79 Å². The van der Waals surface area contributed by atoms with Crippen molar-refractivity contribution in [2.75, 3.05) is 14.2 Å². The third kappa shape index (κ3) is 4.94. The first-order valence-electron chi connectivity index (χ1n) is 5.35. The van der Waals surface area contributed by atoms with Crippen LogP contribution in [0.25, 0.3) is 0 Å². The van der Waals surface area contributed by atoms with E-state index in [4.69, 9.17) is 4.84 Å². The Labute approximate surface area is 141 Å². The molecule has 105 valence electrons. The Morgan fingerprint density at radius 3 is 2.75 bits per heavy atom. The second kappa shape index (κ2) is 9.49. The van der Waals surface area contributed by atoms with Gasteiger partial charge in [-0.2, -0.15) is 11.9 Å². The van der Waals surface area contributed by atoms with E-state index in [1.165, 1.54) is 20.4 Å². The van der Waals surface area contributed by atoms with Gasteiger partial charge in [-0.05, 0) is 6.92 Å². The van der Waals surface area contributed by atoms with Gasteiger partial charge >= 0.3 is 0 Å². The molecular weight excluding hydrogens is 339 g/mol. The van der Waals surface area contributed by atoms with E-state index >= 15 is 0 Å². The molecule has 0 spiro atoms. The van der Waals surface area contributed by atoms with E-state index in [2.05, 4.69) is 36.6 Å². The Morgan fingerprint density at radius 2 is 2.20 bits per heavy atom. The Hall–Kier alpha value is -1.41. The van der Waals surface area contributed by atoms with E-state index in [1.54, 1.807) is 13.8 Å². The molecule has 0 bridgehead atoms. The van der Waals surface area contributed by atoms with Gasteiger partial charge in [0.2, 0.25) is 0 Å². The van der Waals surface area contributed by atoms with E-state index in [-0.39, 0.29) is 49.9 Å². The zero-order valence-electron chi connectivity index (χ0n) is 11.7. The number of nitrogens with zero attached hydrogens (tertiary/aromatic N) is 4. The minimum Gasteiger partial charge on any atom is -0.398 e. The number of nitrogens with one attached hydrogen (secondary N) is 1. The first-order valence-corrected chi connectivity index (χ1v) is 5.35. The van der Waals surface area contributed by atoms with Crippen molar-refractivity contribution in [1.82, 2.24) is 15.3 Å². The fourth-order valence-electron chi connectivity index (χ4n) is 1.19. The number of aromatic nitrogens is 2. The molecular formula is C11H14N5O3Y-. The molecule has 1 N–H and O–H groups in total. The average molecular weight is 353 g/mol. The number of hydrogen-bond donors (Lipinski definition) is 1. The summed E-state index contributed by atoms with van der Waals surface area (Å²) in [6, 6.07) is 0. The maximum atomic E-state index is 11.7. The zero-order valence-corrected chi connectivity index (χ0v) is 14.5. The molecule has 0 aliphatic carbocycles. The van der Waals surface area contributed by atoms with Crippen LogP contribution in [-0.2, 0) is 42.3 Å². The van der Waals surface area contributed by atoms with Crippen molar-refractivity contribution in [2.24, 2.45) is 10.3 Å². The van der Waals surface area contributed by atoms with Gasteiger partial charge in [0.05, 0.1) is 5.56 Å². The Balaban J connectivity index is 0.00000361. The number of likely N-dealkylation sites (N-methyl/N-ethyl adjacent to an activating group) is 1. The molecule has 1 heterocycles. The summed E-state index contributed by atoms with van der Waals surface area (Å²) in [7, 11) is 2.80. The smallest absolute Gasteiger partial charge is 0.273 e. The van der Waals surface area contributed by atoms with Crippen LogP contribution < -0.4 is 10.2 Å². The Morgan fingerprint density at radius 1 is 1.50 bits per heavy atom. The van der Waals surface area contributed by atoms with Crippen LogP contribution in [0.15, 0.2) is 16.5 Å². The van der Waals surface area contributed by atoms with Gasteiger partial charge in [0.25, 0.3) is 11.8 Å². The second-order valence-electron chi connectivity index (χ2n) is 3.24. The molecule has 0 aliphatic rings. The first kappa shape index (κ1) is 18.6. The fourth-order valence-corrected chi connectivity index (χ4v) is 1.19. The van der Waals surface area contributed by atoms with Crippen molar-refractivity contribution in [2.45, 2.75) is 13.8 Å². The fraction of sp³-hybridized carbons (Fsp3) is 0.364. The van der Waals surface area contributed by atoms with Gasteiger partial charge in [0.1, 0.15) is 12.9 Å². The summed E-state index contributed by atoms with van der Waals surface area (Å²) in [6.07, 6.45) is 3.86. The number of amides is 1. The molecule has 1 rings (SSSR count). The molecule has 0 unspecified atom stereocenters. The van der Waals surface area contributed by atoms with Gasteiger partial charge in [-0.15, -0.1) is 0 Å². The summed E-state index contributed by atoms with van der Waals surface area (Å²) in [6.45, 7) is 3.25. The maximum absolute atomic E-state index is 11.7. The van der Waals surface area contributed by atoms with Crippen LogP contribution in [0.1, 0.15) is 18.3 Å². The average Bonchev–Trinajstić information content (AvgIpc) is 2.42. The van der Waals surface area contributed by atoms with E-state index in [9.17, 15) is 4.79 Å². The van der Waals surface area contributed by atoms with Crippen molar-refractivity contribution in [1.29, 1.82) is 0 Å². The minimum atomic E-state index is -0.455. The summed E-state index contributed by atoms with van der Waals surface area (Å²) in [5.74, 6) is 0.114. The van der Waals surface area contributed by atoms with Gasteiger partial charge in [-0.25, -0.2) is 4.98 Å². The van der Waals surface area contributed by atoms with E-state index in [0.717, 1.165) is 0 Å². The van der Waals surface area contributed by atoms with Crippen LogP contribution in [0.2, 0.25) is 0 Å². The van der Waals surface area contributed by atoms with Gasteiger partial charge in [-0.1, -0.05) is 5.16 Å². The van der Waals surface area contributed by atoms with Crippen molar-refractivity contribution >= 4 is 17.8 Å². The largest absolute Gasteiger partial charge is 0.398 e. The van der Waals surface area contributed by atoms with Crippen molar-refractivity contribution < 1.29 is 47.2 Å². The predicted octanol–water partition coefficient (Wildman–Crippen LogP) is 0.141. The normalized spacial score (nSPS) is 10.9. The zero-order chi connectivity index (χ0) is 14.3. The number of aryl methyl sites for hydroxylation is 1. The molecule has 8 nitrogen and oxygen atoms in total. The topological polar surface area (TPSA) is 98.1 Å². The van der Waals surface area contributed by atoms with Crippen LogP contribution in [0.3, 0.4) is 0 Å². The molecule has 0 fully saturated rings. The summed E-state index contributed by atoms with van der Waals surface area (Å²) < 4.78 is 0. The van der Waals surface area contributed by atoms with Gasteiger partial charge in [0, 0.05) is 46.0 Å². The molecule has 0 aliphatic heterocycles. The molecule has 1 radical (unpaired) electrons. The summed E-state index contributed by atoms with van der Waals surface area (Å²) in [4.78, 5) is 29.5. The number of carbonyl (C=O) groups is 1. The minimum absolute atomic E-state index is 0. The Bertz CT molecular complexity index is 519. The predicted molar refractivity (Wildman–Crippen MR) is 68.1 cm³/mol. The molecule has 1 aromatic heterocycles. The third-order valence-corrected chi connectivity index (χ3v) is 1.98. The summed E-state index contributed by atoms with van der Waals surface area (Å²) >= 11 is 0. The summed E-state index contributed by atoms with van der Waals surface area (Å²) in [5.41, 5.74) is 0.261. The molecule has 0 atom stereocenters. The number of carbonyl (C=O) groups excluding carboxylic acids is 1. The molecule has 0 saturated heterocycles. The van der Waals surface area contributed by atoms with Gasteiger partial charge < -0.3 is 26.4 Å². The number of hydrogen-bond acceptors (Lipinski definition) is 7. The number of rotatable bonds is 5. The standard InChI is InChI=1S/C11H14N5O3.Y/c1-5-14-19-11-8(6-13-7(2)15-11)9(16-18-4)10(17)12-3;/h6H,1-4H3,(H,12,17);/q-1;/b16-9+;. The van der Waals surface area contributed by atoms with Gasteiger partial charge in [0.15, 0.2) is 5.71 Å². The molecule has 9 heteroatoms. The molecule has 0 aromatic carbocycles. The monoisotopic (exact) mass is 353 g/mol.